The molecular formula is C14H22N2S. The average Bonchev–Trinajstić information content (AvgIpc) is 2.27. The van der Waals surface area contributed by atoms with Crippen molar-refractivity contribution in [2.75, 3.05) is 11.9 Å². The molecule has 0 saturated heterocycles. The number of nitrogens with two attached hydrogens (primary N) is 1. The molecule has 0 saturated carbocycles. The van der Waals surface area contributed by atoms with Crippen LogP contribution >= 0.6 is 12.2 Å². The topological polar surface area (TPSA) is 29.3 Å². The lowest BCUT2D eigenvalue weighted by molar-refractivity contribution is 0.471. The molecule has 1 aromatic rings. The number of nitrogens with zero attached hydrogens (tertiary/aromatic N) is 1. The third-order valence-corrected chi connectivity index (χ3v) is 3.86. The van der Waals surface area contributed by atoms with Crippen molar-refractivity contribution >= 4 is 22.9 Å². The maximum atomic E-state index is 5.67. The number of rotatable bonds is 4. The van der Waals surface area contributed by atoms with Gasteiger partial charge in [-0.05, 0) is 51.0 Å². The molecule has 94 valence electrons. The van der Waals surface area contributed by atoms with Crippen LogP contribution in [0.3, 0.4) is 0 Å². The molecule has 1 rings (SSSR count). The Balaban J connectivity index is 3.10. The highest BCUT2D eigenvalue weighted by Crippen LogP contribution is 2.26. The van der Waals surface area contributed by atoms with Crippen LogP contribution in [-0.2, 0) is 0 Å². The van der Waals surface area contributed by atoms with Crippen LogP contribution in [0.15, 0.2) is 18.2 Å². The van der Waals surface area contributed by atoms with Gasteiger partial charge in [-0.15, -0.1) is 0 Å². The highest BCUT2D eigenvalue weighted by molar-refractivity contribution is 7.80. The summed E-state index contributed by atoms with van der Waals surface area (Å²) < 4.78 is 0. The Morgan fingerprint density at radius 2 is 2.00 bits per heavy atom. The molecule has 0 aliphatic carbocycles. The maximum absolute atomic E-state index is 5.67. The van der Waals surface area contributed by atoms with Crippen LogP contribution in [0.5, 0.6) is 0 Å². The van der Waals surface area contributed by atoms with E-state index in [1.54, 1.807) is 0 Å². The lowest BCUT2D eigenvalue weighted by atomic mass is 9.98. The zero-order valence-corrected chi connectivity index (χ0v) is 12.2. The Hall–Kier alpha value is -1.09. The molecule has 0 heterocycles. The van der Waals surface area contributed by atoms with Gasteiger partial charge in [0.25, 0.3) is 0 Å². The summed E-state index contributed by atoms with van der Waals surface area (Å²) in [5.41, 5.74) is 9.12. The number of aryl methyl sites for hydroxylation is 1. The maximum Gasteiger partial charge on any atom is 0.104 e. The predicted octanol–water partition coefficient (Wildman–Crippen LogP) is 3.25. The van der Waals surface area contributed by atoms with Crippen LogP contribution in [0.2, 0.25) is 0 Å². The van der Waals surface area contributed by atoms with Crippen molar-refractivity contribution in [1.29, 1.82) is 0 Å². The minimum Gasteiger partial charge on any atom is -0.389 e. The largest absolute Gasteiger partial charge is 0.389 e. The molecule has 0 atom stereocenters. The molecule has 2 nitrogen and oxygen atoms in total. The Labute approximate surface area is 110 Å². The summed E-state index contributed by atoms with van der Waals surface area (Å²) >= 11 is 5.02. The fraction of sp³-hybridized carbons (Fsp3) is 0.500. The van der Waals surface area contributed by atoms with Crippen molar-refractivity contribution in [2.45, 2.75) is 39.7 Å². The first-order chi connectivity index (χ1) is 7.79. The normalized spacial score (nSPS) is 11.4. The van der Waals surface area contributed by atoms with Crippen molar-refractivity contribution < 1.29 is 0 Å². The fourth-order valence-electron chi connectivity index (χ4n) is 1.72. The number of hydrogen-bond donors (Lipinski definition) is 1. The molecule has 0 aliphatic rings. The van der Waals surface area contributed by atoms with E-state index in [1.807, 2.05) is 13.0 Å². The third kappa shape index (κ3) is 2.97. The second-order valence-corrected chi connectivity index (χ2v) is 5.53. The molecule has 0 amide bonds. The summed E-state index contributed by atoms with van der Waals surface area (Å²) in [5, 5.41) is 0. The van der Waals surface area contributed by atoms with E-state index in [1.165, 1.54) is 5.69 Å². The van der Waals surface area contributed by atoms with Crippen molar-refractivity contribution in [2.24, 2.45) is 5.73 Å². The molecule has 0 fully saturated rings. The molecule has 0 unspecified atom stereocenters. The molecule has 0 bridgehead atoms. The van der Waals surface area contributed by atoms with Gasteiger partial charge in [0.2, 0.25) is 0 Å². The van der Waals surface area contributed by atoms with Crippen LogP contribution < -0.4 is 10.6 Å². The molecule has 17 heavy (non-hydrogen) atoms. The van der Waals surface area contributed by atoms with Crippen LogP contribution in [0, 0.1) is 6.92 Å². The van der Waals surface area contributed by atoms with E-state index < -0.39 is 0 Å². The Bertz CT molecular complexity index is 424. The number of anilines is 1. The quantitative estimate of drug-likeness (QED) is 0.832. The molecule has 0 spiro atoms. The van der Waals surface area contributed by atoms with Gasteiger partial charge >= 0.3 is 0 Å². The van der Waals surface area contributed by atoms with Crippen molar-refractivity contribution in [3.63, 3.8) is 0 Å². The summed E-state index contributed by atoms with van der Waals surface area (Å²) in [6, 6.07) is 6.24. The first-order valence-electron chi connectivity index (χ1n) is 5.94. The van der Waals surface area contributed by atoms with Gasteiger partial charge in [-0.1, -0.05) is 19.1 Å². The van der Waals surface area contributed by atoms with Crippen LogP contribution in [0.1, 0.15) is 38.3 Å². The van der Waals surface area contributed by atoms with E-state index in [0.29, 0.717) is 4.99 Å². The molecule has 0 radical (unpaired) electrons. The molecule has 1 aromatic carbocycles. The van der Waals surface area contributed by atoms with Crippen molar-refractivity contribution in [3.05, 3.63) is 29.3 Å². The van der Waals surface area contributed by atoms with Gasteiger partial charge in [-0.3, -0.25) is 0 Å². The van der Waals surface area contributed by atoms with Crippen molar-refractivity contribution in [1.82, 2.24) is 0 Å². The Kier molecular flexibility index (Phi) is 4.15. The standard InChI is InChI=1S/C14H22N2S/c1-6-14(3,4)16(5)11-7-8-12(13(15)17)10(2)9-11/h7-9H,6H2,1-5H3,(H2,15,17). The first-order valence-corrected chi connectivity index (χ1v) is 6.34. The molecule has 0 aromatic heterocycles. The highest BCUT2D eigenvalue weighted by Gasteiger charge is 2.21. The Morgan fingerprint density at radius 1 is 1.41 bits per heavy atom. The van der Waals surface area contributed by atoms with Gasteiger partial charge in [-0.25, -0.2) is 0 Å². The van der Waals surface area contributed by atoms with E-state index in [9.17, 15) is 0 Å². The minimum absolute atomic E-state index is 0.150. The lowest BCUT2D eigenvalue weighted by Gasteiger charge is -2.37. The van der Waals surface area contributed by atoms with Crippen LogP contribution in [-0.4, -0.2) is 17.6 Å². The average molecular weight is 250 g/mol. The molecule has 3 heteroatoms. The monoisotopic (exact) mass is 250 g/mol. The Morgan fingerprint density at radius 3 is 2.41 bits per heavy atom. The van der Waals surface area contributed by atoms with Gasteiger partial charge in [0.05, 0.1) is 0 Å². The molecular weight excluding hydrogens is 228 g/mol. The van der Waals surface area contributed by atoms with Gasteiger partial charge in [-0.2, -0.15) is 0 Å². The van der Waals surface area contributed by atoms with E-state index in [2.05, 4.69) is 44.9 Å². The zero-order valence-electron chi connectivity index (χ0n) is 11.4. The van der Waals surface area contributed by atoms with E-state index in [4.69, 9.17) is 18.0 Å². The van der Waals surface area contributed by atoms with Crippen LogP contribution in [0.4, 0.5) is 5.69 Å². The summed E-state index contributed by atoms with van der Waals surface area (Å²) in [5.74, 6) is 0. The zero-order chi connectivity index (χ0) is 13.2. The highest BCUT2D eigenvalue weighted by atomic mass is 32.1. The number of hydrogen-bond acceptors (Lipinski definition) is 2. The predicted molar refractivity (Wildman–Crippen MR) is 79.8 cm³/mol. The second kappa shape index (κ2) is 5.05. The van der Waals surface area contributed by atoms with Crippen LogP contribution in [0.25, 0.3) is 0 Å². The van der Waals surface area contributed by atoms with Gasteiger partial charge < -0.3 is 10.6 Å². The van der Waals surface area contributed by atoms with Gasteiger partial charge in [0.1, 0.15) is 4.99 Å². The summed E-state index contributed by atoms with van der Waals surface area (Å²) in [7, 11) is 2.12. The van der Waals surface area contributed by atoms with E-state index >= 15 is 0 Å². The van der Waals surface area contributed by atoms with Gasteiger partial charge in [0.15, 0.2) is 0 Å². The summed E-state index contributed by atoms with van der Waals surface area (Å²) in [4.78, 5) is 2.76. The number of benzene rings is 1. The summed E-state index contributed by atoms with van der Waals surface area (Å²) in [6.45, 7) is 8.73. The first kappa shape index (κ1) is 14.0. The lowest BCUT2D eigenvalue weighted by Crippen LogP contribution is -2.40. The van der Waals surface area contributed by atoms with E-state index in [-0.39, 0.29) is 5.54 Å². The SMILES string of the molecule is CCC(C)(C)N(C)c1ccc(C(N)=S)c(C)c1. The van der Waals surface area contributed by atoms with E-state index in [0.717, 1.165) is 17.5 Å². The molecule has 2 N–H and O–H groups in total. The van der Waals surface area contributed by atoms with Crippen molar-refractivity contribution in [3.8, 4) is 0 Å². The fourth-order valence-corrected chi connectivity index (χ4v) is 1.95. The second-order valence-electron chi connectivity index (χ2n) is 5.09. The number of thiocarbonyl (C=S) groups is 1. The third-order valence-electron chi connectivity index (χ3n) is 3.64. The summed E-state index contributed by atoms with van der Waals surface area (Å²) in [6.07, 6.45) is 1.10. The smallest absolute Gasteiger partial charge is 0.104 e. The minimum atomic E-state index is 0.150. The molecule has 0 aliphatic heterocycles. The van der Waals surface area contributed by atoms with Gasteiger partial charge in [0, 0.05) is 23.8 Å².